The average Bonchev–Trinajstić information content (AvgIpc) is 3.42. The van der Waals surface area contributed by atoms with Crippen LogP contribution in [0.15, 0.2) is 133 Å². The van der Waals surface area contributed by atoms with Gasteiger partial charge in [0.25, 0.3) is 0 Å². The van der Waals surface area contributed by atoms with Crippen molar-refractivity contribution in [1.29, 1.82) is 0 Å². The Hall–Kier alpha value is -5.74. The van der Waals surface area contributed by atoms with E-state index in [4.69, 9.17) is 9.47 Å². The van der Waals surface area contributed by atoms with Crippen LogP contribution >= 0.6 is 0 Å². The number of aryl methyl sites for hydroxylation is 2. The topological polar surface area (TPSA) is 52.6 Å². The van der Waals surface area contributed by atoms with Crippen LogP contribution in [0.5, 0.6) is 11.5 Å². The smallest absolute Gasteiger partial charge is 0.343 e. The minimum Gasteiger partial charge on any atom is -0.423 e. The normalized spacial score (nSPS) is 11.4. The molecule has 7 rings (SSSR count). The summed E-state index contributed by atoms with van der Waals surface area (Å²) in [7, 11) is 0. The van der Waals surface area contributed by atoms with Gasteiger partial charge in [-0.05, 0) is 113 Å². The van der Waals surface area contributed by atoms with Gasteiger partial charge < -0.3 is 9.47 Å². The molecule has 0 saturated carbocycles. The van der Waals surface area contributed by atoms with E-state index in [-0.39, 0.29) is 0 Å². The van der Waals surface area contributed by atoms with Crippen LogP contribution in [0.2, 0.25) is 0 Å². The summed E-state index contributed by atoms with van der Waals surface area (Å²) < 4.78 is 11.5. The number of benzene rings is 6. The van der Waals surface area contributed by atoms with E-state index in [9.17, 15) is 9.59 Å². The first-order chi connectivity index (χ1) is 21.9. The monoisotopic (exact) mass is 586 g/mol. The molecule has 0 bridgehead atoms. The Labute approximate surface area is 262 Å². The van der Waals surface area contributed by atoms with Crippen LogP contribution in [0.4, 0.5) is 0 Å². The van der Waals surface area contributed by atoms with Gasteiger partial charge in [0.15, 0.2) is 0 Å². The van der Waals surface area contributed by atoms with Crippen LogP contribution in [-0.4, -0.2) is 11.9 Å². The molecular formula is C41H30O4. The number of esters is 2. The number of fused-ring (bicyclic) bond motifs is 3. The molecule has 4 nitrogen and oxygen atoms in total. The lowest BCUT2D eigenvalue weighted by Gasteiger charge is -2.08. The van der Waals surface area contributed by atoms with E-state index in [0.717, 1.165) is 44.5 Å². The Kier molecular flexibility index (Phi) is 7.32. The molecule has 0 N–H and O–H groups in total. The minimum atomic E-state index is -0.401. The Bertz CT molecular complexity index is 1890. The zero-order chi connectivity index (χ0) is 30.9. The first-order valence-electron chi connectivity index (χ1n) is 14.9. The van der Waals surface area contributed by atoms with E-state index in [1.165, 1.54) is 11.1 Å². The largest absolute Gasteiger partial charge is 0.423 e. The van der Waals surface area contributed by atoms with Gasteiger partial charge in [-0.15, -0.1) is 0 Å². The molecule has 0 amide bonds. The SMILES string of the molecule is Cc1ccc(-c2ccc(C(=O)Oc3ccc4c(c3)Cc3cc(OC(=O)c5ccc(-c6ccc(C)cc6)cc5)ccc3-4)cc2)cc1. The zero-order valence-electron chi connectivity index (χ0n) is 25.0. The van der Waals surface area contributed by atoms with Gasteiger partial charge in [0, 0.05) is 0 Å². The average molecular weight is 587 g/mol. The summed E-state index contributed by atoms with van der Waals surface area (Å²) in [5, 5.41) is 0. The Morgan fingerprint density at radius 1 is 0.444 bits per heavy atom. The highest BCUT2D eigenvalue weighted by molar-refractivity contribution is 5.93. The summed E-state index contributed by atoms with van der Waals surface area (Å²) in [6, 6.07) is 42.9. The van der Waals surface area contributed by atoms with Crippen molar-refractivity contribution in [1.82, 2.24) is 0 Å². The van der Waals surface area contributed by atoms with Crippen molar-refractivity contribution < 1.29 is 19.1 Å². The van der Waals surface area contributed by atoms with Gasteiger partial charge in [-0.2, -0.15) is 0 Å². The molecule has 6 aromatic rings. The fourth-order valence-corrected chi connectivity index (χ4v) is 5.71. The van der Waals surface area contributed by atoms with Crippen LogP contribution in [0, 0.1) is 13.8 Å². The summed E-state index contributed by atoms with van der Waals surface area (Å²) >= 11 is 0. The molecule has 6 aromatic carbocycles. The second-order valence-corrected chi connectivity index (χ2v) is 11.5. The summed E-state index contributed by atoms with van der Waals surface area (Å²) in [6.07, 6.45) is 0.651. The van der Waals surface area contributed by atoms with Crippen molar-refractivity contribution in [2.45, 2.75) is 20.3 Å². The van der Waals surface area contributed by atoms with E-state index in [1.54, 1.807) is 24.3 Å². The molecule has 0 aromatic heterocycles. The molecule has 0 spiro atoms. The highest BCUT2D eigenvalue weighted by Gasteiger charge is 2.21. The van der Waals surface area contributed by atoms with Crippen molar-refractivity contribution >= 4 is 11.9 Å². The van der Waals surface area contributed by atoms with Crippen molar-refractivity contribution in [3.8, 4) is 44.9 Å². The van der Waals surface area contributed by atoms with Gasteiger partial charge in [0.1, 0.15) is 11.5 Å². The zero-order valence-corrected chi connectivity index (χ0v) is 25.0. The van der Waals surface area contributed by atoms with Crippen LogP contribution in [0.25, 0.3) is 33.4 Å². The van der Waals surface area contributed by atoms with Gasteiger partial charge >= 0.3 is 11.9 Å². The first-order valence-corrected chi connectivity index (χ1v) is 14.9. The third kappa shape index (κ3) is 5.91. The summed E-state index contributed by atoms with van der Waals surface area (Å²) in [6.45, 7) is 4.12. The maximum Gasteiger partial charge on any atom is 0.343 e. The maximum atomic E-state index is 12.9. The molecule has 0 radical (unpaired) electrons. The number of hydrogen-bond donors (Lipinski definition) is 0. The van der Waals surface area contributed by atoms with Crippen LogP contribution in [0.1, 0.15) is 43.0 Å². The first kappa shape index (κ1) is 28.1. The summed E-state index contributed by atoms with van der Waals surface area (Å²) in [5.74, 6) is 0.189. The third-order valence-electron chi connectivity index (χ3n) is 8.26. The Morgan fingerprint density at radius 3 is 1.13 bits per heavy atom. The van der Waals surface area contributed by atoms with E-state index < -0.39 is 11.9 Å². The molecule has 45 heavy (non-hydrogen) atoms. The molecule has 218 valence electrons. The molecule has 0 atom stereocenters. The standard InChI is InChI=1S/C41H30O4/c1-26-3-7-28(8-4-26)30-11-15-32(16-12-30)40(42)44-36-19-21-38-34(24-36)23-35-25-37(20-22-39(35)38)45-41(43)33-17-13-31(14-18-33)29-9-5-27(2)6-10-29/h3-22,24-25H,23H2,1-2H3. The number of hydrogen-bond acceptors (Lipinski definition) is 4. The highest BCUT2D eigenvalue weighted by atomic mass is 16.5. The fourth-order valence-electron chi connectivity index (χ4n) is 5.71. The summed E-state index contributed by atoms with van der Waals surface area (Å²) in [4.78, 5) is 25.8. The predicted octanol–water partition coefficient (Wildman–Crippen LogP) is 9.65. The molecule has 4 heteroatoms. The molecule has 0 heterocycles. The molecule has 1 aliphatic rings. The molecule has 0 unspecified atom stereocenters. The molecular weight excluding hydrogens is 556 g/mol. The molecule has 0 fully saturated rings. The van der Waals surface area contributed by atoms with Crippen LogP contribution < -0.4 is 9.47 Å². The quantitative estimate of drug-likeness (QED) is 0.144. The molecule has 1 aliphatic carbocycles. The molecule has 0 aliphatic heterocycles. The van der Waals surface area contributed by atoms with Gasteiger partial charge in [0.2, 0.25) is 0 Å². The Morgan fingerprint density at radius 2 is 0.778 bits per heavy atom. The van der Waals surface area contributed by atoms with E-state index in [2.05, 4.69) is 62.4 Å². The van der Waals surface area contributed by atoms with Crippen molar-refractivity contribution in [3.63, 3.8) is 0 Å². The summed E-state index contributed by atoms with van der Waals surface area (Å²) in [5.41, 5.74) is 12.0. The highest BCUT2D eigenvalue weighted by Crippen LogP contribution is 2.40. The second-order valence-electron chi connectivity index (χ2n) is 11.5. The van der Waals surface area contributed by atoms with E-state index >= 15 is 0 Å². The van der Waals surface area contributed by atoms with Crippen LogP contribution in [0.3, 0.4) is 0 Å². The van der Waals surface area contributed by atoms with Crippen molar-refractivity contribution in [3.05, 3.63) is 167 Å². The third-order valence-corrected chi connectivity index (χ3v) is 8.26. The Balaban J connectivity index is 1.00. The lowest BCUT2D eigenvalue weighted by atomic mass is 10.0. The number of carbonyl (C=O) groups is 2. The van der Waals surface area contributed by atoms with E-state index in [1.807, 2.05) is 60.7 Å². The lowest BCUT2D eigenvalue weighted by Crippen LogP contribution is -2.08. The number of carbonyl (C=O) groups excluding carboxylic acids is 2. The van der Waals surface area contributed by atoms with Crippen molar-refractivity contribution in [2.24, 2.45) is 0 Å². The van der Waals surface area contributed by atoms with Gasteiger partial charge in [0.05, 0.1) is 11.1 Å². The van der Waals surface area contributed by atoms with E-state index in [0.29, 0.717) is 29.0 Å². The number of ether oxygens (including phenoxy) is 2. The maximum absolute atomic E-state index is 12.9. The fraction of sp³-hybridized carbons (Fsp3) is 0.0732. The number of rotatable bonds is 6. The van der Waals surface area contributed by atoms with Gasteiger partial charge in [-0.1, -0.05) is 96.1 Å². The van der Waals surface area contributed by atoms with Gasteiger partial charge in [-0.3, -0.25) is 0 Å². The molecule has 0 saturated heterocycles. The van der Waals surface area contributed by atoms with Crippen LogP contribution in [-0.2, 0) is 6.42 Å². The predicted molar refractivity (Wildman–Crippen MR) is 178 cm³/mol. The lowest BCUT2D eigenvalue weighted by molar-refractivity contribution is 0.0725. The van der Waals surface area contributed by atoms with Gasteiger partial charge in [-0.25, -0.2) is 9.59 Å². The second kappa shape index (κ2) is 11.7. The van der Waals surface area contributed by atoms with Crippen molar-refractivity contribution in [2.75, 3.05) is 0 Å². The minimum absolute atomic E-state index is 0.401.